The molecular weight excluding hydrogens is 425 g/mol. The zero-order valence-corrected chi connectivity index (χ0v) is 18.9. The molecule has 1 aromatic carbocycles. The van der Waals surface area contributed by atoms with Gasteiger partial charge in [0.1, 0.15) is 5.52 Å². The average molecular weight is 456 g/mol. The van der Waals surface area contributed by atoms with Crippen LogP contribution in [0.3, 0.4) is 0 Å². The second-order valence-electron chi connectivity index (χ2n) is 9.86. The number of aryl methyl sites for hydroxylation is 1. The van der Waals surface area contributed by atoms with Gasteiger partial charge in [0.15, 0.2) is 11.6 Å². The first kappa shape index (κ1) is 20.9. The van der Waals surface area contributed by atoms with Gasteiger partial charge in [0.25, 0.3) is 0 Å². The number of fused-ring (bicyclic) bond motifs is 2. The van der Waals surface area contributed by atoms with E-state index in [0.717, 1.165) is 39.3 Å². The van der Waals surface area contributed by atoms with Crippen molar-refractivity contribution in [2.75, 3.05) is 55.6 Å². The van der Waals surface area contributed by atoms with Crippen molar-refractivity contribution in [2.24, 2.45) is 18.9 Å². The lowest BCUT2D eigenvalue weighted by molar-refractivity contribution is -0.120. The Kier molecular flexibility index (Phi) is 5.02. The van der Waals surface area contributed by atoms with E-state index in [2.05, 4.69) is 25.5 Å². The van der Waals surface area contributed by atoms with Crippen LogP contribution in [0.1, 0.15) is 19.3 Å². The molecule has 3 amide bonds. The van der Waals surface area contributed by atoms with E-state index in [9.17, 15) is 9.59 Å². The van der Waals surface area contributed by atoms with Crippen molar-refractivity contribution in [3.05, 3.63) is 17.9 Å². The summed E-state index contributed by atoms with van der Waals surface area (Å²) in [6.45, 7) is 6.41. The Morgan fingerprint density at radius 1 is 1.06 bits per heavy atom. The zero-order valence-electron chi connectivity index (χ0n) is 18.9. The number of halogens is 1. The fourth-order valence-electron chi connectivity index (χ4n) is 6.20. The van der Waals surface area contributed by atoms with Gasteiger partial charge in [0.2, 0.25) is 5.91 Å². The molecule has 2 atom stereocenters. The van der Waals surface area contributed by atoms with Crippen molar-refractivity contribution in [1.29, 1.82) is 0 Å². The highest BCUT2D eigenvalue weighted by atomic mass is 19.1. The molecule has 2 unspecified atom stereocenters. The Balaban J connectivity index is 1.23. The maximum atomic E-state index is 15.8. The number of benzene rings is 1. The van der Waals surface area contributed by atoms with E-state index >= 15 is 4.39 Å². The smallest absolute Gasteiger partial charge is 0.329 e. The minimum absolute atomic E-state index is 0.204. The summed E-state index contributed by atoms with van der Waals surface area (Å²) in [6, 6.07) is 3.85. The predicted octanol–water partition coefficient (Wildman–Crippen LogP) is 1.28. The van der Waals surface area contributed by atoms with Gasteiger partial charge in [-0.25, -0.2) is 9.18 Å². The number of amides is 3. The summed E-state index contributed by atoms with van der Waals surface area (Å²) in [6.07, 6.45) is 2.65. The number of likely N-dealkylation sites (tertiary alicyclic amines) is 1. The van der Waals surface area contributed by atoms with E-state index < -0.39 is 6.03 Å². The number of imide groups is 1. The first-order chi connectivity index (χ1) is 16.0. The molecule has 4 fully saturated rings. The van der Waals surface area contributed by atoms with Crippen LogP contribution in [0.25, 0.3) is 10.9 Å². The SMILES string of the molecule is Cn1nc(N2CCC(=O)NC2=O)c2ccc(N3CC4CN(C5CCNCC5)CC4C3)c(F)c21. The molecule has 6 rings (SSSR count). The monoisotopic (exact) mass is 455 g/mol. The van der Waals surface area contributed by atoms with Crippen molar-refractivity contribution in [3.63, 3.8) is 0 Å². The molecule has 10 heteroatoms. The minimum atomic E-state index is -0.513. The predicted molar refractivity (Wildman–Crippen MR) is 123 cm³/mol. The van der Waals surface area contributed by atoms with E-state index in [4.69, 9.17) is 0 Å². The van der Waals surface area contributed by atoms with E-state index in [1.54, 1.807) is 7.05 Å². The van der Waals surface area contributed by atoms with Crippen LogP contribution in [-0.2, 0) is 11.8 Å². The van der Waals surface area contributed by atoms with Gasteiger partial charge in [-0.05, 0) is 49.9 Å². The Hall–Kier alpha value is -2.72. The number of hydrogen-bond donors (Lipinski definition) is 2. The van der Waals surface area contributed by atoms with E-state index in [1.807, 2.05) is 12.1 Å². The number of anilines is 2. The molecule has 0 saturated carbocycles. The van der Waals surface area contributed by atoms with Crippen molar-refractivity contribution >= 4 is 34.3 Å². The van der Waals surface area contributed by atoms with Gasteiger partial charge in [-0.15, -0.1) is 0 Å². The molecule has 2 N–H and O–H groups in total. The van der Waals surface area contributed by atoms with Crippen molar-refractivity contribution in [1.82, 2.24) is 25.3 Å². The molecular formula is C23H30FN7O2. The molecule has 0 spiro atoms. The third kappa shape index (κ3) is 3.47. The highest BCUT2D eigenvalue weighted by Crippen LogP contribution is 2.39. The molecule has 4 aliphatic rings. The number of aromatic nitrogens is 2. The maximum Gasteiger partial charge on any atom is 0.329 e. The Morgan fingerprint density at radius 3 is 2.48 bits per heavy atom. The van der Waals surface area contributed by atoms with Gasteiger partial charge in [-0.2, -0.15) is 5.10 Å². The Morgan fingerprint density at radius 2 is 1.79 bits per heavy atom. The number of piperidine rings is 1. The third-order valence-corrected chi connectivity index (χ3v) is 7.89. The van der Waals surface area contributed by atoms with Crippen LogP contribution in [0.5, 0.6) is 0 Å². The van der Waals surface area contributed by atoms with Crippen LogP contribution in [0.4, 0.5) is 20.7 Å². The first-order valence-electron chi connectivity index (χ1n) is 12.0. The molecule has 0 bridgehead atoms. The van der Waals surface area contributed by atoms with Crippen LogP contribution in [0.2, 0.25) is 0 Å². The lowest BCUT2D eigenvalue weighted by Crippen LogP contribution is -2.49. The van der Waals surface area contributed by atoms with Crippen LogP contribution in [-0.4, -0.2) is 78.5 Å². The molecule has 9 nitrogen and oxygen atoms in total. The van der Waals surface area contributed by atoms with Crippen LogP contribution in [0.15, 0.2) is 12.1 Å². The second kappa shape index (κ2) is 7.95. The maximum absolute atomic E-state index is 15.8. The van der Waals surface area contributed by atoms with Gasteiger partial charge in [-0.1, -0.05) is 0 Å². The molecule has 176 valence electrons. The lowest BCUT2D eigenvalue weighted by Gasteiger charge is -2.33. The van der Waals surface area contributed by atoms with Gasteiger partial charge >= 0.3 is 6.03 Å². The summed E-state index contributed by atoms with van der Waals surface area (Å²) < 4.78 is 17.3. The molecule has 4 saturated heterocycles. The molecule has 0 aliphatic carbocycles. The van der Waals surface area contributed by atoms with Crippen LogP contribution < -0.4 is 20.4 Å². The van der Waals surface area contributed by atoms with Gasteiger partial charge in [0, 0.05) is 57.6 Å². The van der Waals surface area contributed by atoms with Crippen LogP contribution >= 0.6 is 0 Å². The second-order valence-corrected chi connectivity index (χ2v) is 9.86. The Labute approximate surface area is 191 Å². The third-order valence-electron chi connectivity index (χ3n) is 7.89. The summed E-state index contributed by atoms with van der Waals surface area (Å²) in [5.74, 6) is 0.942. The minimum Gasteiger partial charge on any atom is -0.368 e. The van der Waals surface area contributed by atoms with Gasteiger partial charge in [-0.3, -0.25) is 24.6 Å². The van der Waals surface area contributed by atoms with Crippen LogP contribution in [0, 0.1) is 17.7 Å². The molecule has 1 aromatic heterocycles. The molecule has 33 heavy (non-hydrogen) atoms. The number of carbonyl (C=O) groups excluding carboxylic acids is 2. The fraction of sp³-hybridized carbons (Fsp3) is 0.609. The molecule has 5 heterocycles. The van der Waals surface area contributed by atoms with E-state index in [0.29, 0.717) is 40.3 Å². The van der Waals surface area contributed by atoms with Gasteiger partial charge < -0.3 is 10.2 Å². The number of nitrogens with one attached hydrogen (secondary N) is 2. The normalized spacial score (nSPS) is 27.0. The largest absolute Gasteiger partial charge is 0.368 e. The molecule has 0 radical (unpaired) electrons. The van der Waals surface area contributed by atoms with Crippen molar-refractivity contribution in [2.45, 2.75) is 25.3 Å². The summed E-state index contributed by atoms with van der Waals surface area (Å²) in [5, 5.41) is 10.8. The standard InChI is InChI=1S/C23H30FN7O2/c1-28-21-17(22(27-28)31-9-6-19(32)26-23(31)33)2-3-18(20(21)24)30-12-14-10-29(11-15(14)13-30)16-4-7-25-8-5-16/h2-3,14-16,25H,4-13H2,1H3,(H,26,32,33). The Bertz CT molecular complexity index is 1100. The van der Waals surface area contributed by atoms with E-state index in [-0.39, 0.29) is 24.7 Å². The summed E-state index contributed by atoms with van der Waals surface area (Å²) in [5.41, 5.74) is 0.999. The highest BCUT2D eigenvalue weighted by molar-refractivity contribution is 6.09. The number of rotatable bonds is 3. The molecule has 2 aromatic rings. The first-order valence-corrected chi connectivity index (χ1v) is 12.0. The fourth-order valence-corrected chi connectivity index (χ4v) is 6.20. The quantitative estimate of drug-likeness (QED) is 0.725. The highest BCUT2D eigenvalue weighted by Gasteiger charge is 2.43. The zero-order chi connectivity index (χ0) is 22.7. The average Bonchev–Trinajstić information content (AvgIpc) is 3.47. The summed E-state index contributed by atoms with van der Waals surface area (Å²) in [7, 11) is 1.70. The van der Waals surface area contributed by atoms with Crippen molar-refractivity contribution < 1.29 is 14.0 Å². The number of carbonyl (C=O) groups is 2. The lowest BCUT2D eigenvalue weighted by atomic mass is 10.0. The topological polar surface area (TPSA) is 85.7 Å². The van der Waals surface area contributed by atoms with Crippen molar-refractivity contribution in [3.8, 4) is 0 Å². The van der Waals surface area contributed by atoms with Gasteiger partial charge in [0.05, 0.1) is 5.69 Å². The summed E-state index contributed by atoms with van der Waals surface area (Å²) >= 11 is 0. The summed E-state index contributed by atoms with van der Waals surface area (Å²) in [4.78, 5) is 30.1. The van der Waals surface area contributed by atoms with E-state index in [1.165, 1.54) is 22.4 Å². The number of hydrogen-bond acceptors (Lipinski definition) is 6. The number of urea groups is 1. The number of nitrogens with zero attached hydrogens (tertiary/aromatic N) is 5. The molecule has 4 aliphatic heterocycles.